The third-order valence-corrected chi connectivity index (χ3v) is 3.43. The van der Waals surface area contributed by atoms with Crippen molar-refractivity contribution in [3.63, 3.8) is 0 Å². The largest absolute Gasteiger partial charge is 0.481 e. The molecule has 1 heterocycles. The van der Waals surface area contributed by atoms with Gasteiger partial charge in [-0.25, -0.2) is 0 Å². The van der Waals surface area contributed by atoms with E-state index >= 15 is 0 Å². The summed E-state index contributed by atoms with van der Waals surface area (Å²) in [6.45, 7) is 1.66. The van der Waals surface area contributed by atoms with Gasteiger partial charge in [-0.2, -0.15) is 0 Å². The molecule has 17 heavy (non-hydrogen) atoms. The van der Waals surface area contributed by atoms with Gasteiger partial charge in [0.2, 0.25) is 0 Å². The average Bonchev–Trinajstić information content (AvgIpc) is 2.22. The van der Waals surface area contributed by atoms with Crippen molar-refractivity contribution in [2.24, 2.45) is 0 Å². The predicted molar refractivity (Wildman–Crippen MR) is 69.2 cm³/mol. The van der Waals surface area contributed by atoms with Crippen molar-refractivity contribution in [3.8, 4) is 5.75 Å². The molecule has 1 atom stereocenters. The number of nitrogens with one attached hydrogen (secondary N) is 1. The van der Waals surface area contributed by atoms with Crippen LogP contribution in [0.1, 0.15) is 12.5 Å². The lowest BCUT2D eigenvalue weighted by atomic mass is 10.1. The first-order valence-corrected chi connectivity index (χ1v) is 6.07. The molecule has 1 unspecified atom stereocenters. The summed E-state index contributed by atoms with van der Waals surface area (Å²) in [5.74, 6) is -0.546. The second kappa shape index (κ2) is 4.52. The Bertz CT molecular complexity index is 500. The molecule has 1 amide bonds. The Morgan fingerprint density at radius 2 is 2.29 bits per heavy atom. The number of benzene rings is 1. The lowest BCUT2D eigenvalue weighted by molar-refractivity contribution is -0.136. The zero-order chi connectivity index (χ0) is 12.6. The number of halogens is 1. The van der Waals surface area contributed by atoms with Gasteiger partial charge in [-0.05, 0) is 47.2 Å². The highest BCUT2D eigenvalue weighted by Gasteiger charge is 2.24. The van der Waals surface area contributed by atoms with Crippen molar-refractivity contribution < 1.29 is 19.4 Å². The molecule has 0 bridgehead atoms. The van der Waals surface area contributed by atoms with Crippen molar-refractivity contribution in [1.82, 2.24) is 0 Å². The Hall–Kier alpha value is -1.31. The molecule has 90 valence electrons. The Labute approximate surface area is 111 Å². The normalized spacial score (nSPS) is 18.0. The highest BCUT2D eigenvalue weighted by atomic mass is 127. The van der Waals surface area contributed by atoms with Crippen molar-refractivity contribution >= 4 is 40.2 Å². The van der Waals surface area contributed by atoms with Crippen LogP contribution in [0.5, 0.6) is 5.75 Å². The number of anilines is 1. The third kappa shape index (κ3) is 2.51. The second-order valence-electron chi connectivity index (χ2n) is 3.76. The van der Waals surface area contributed by atoms with Crippen LogP contribution >= 0.6 is 22.6 Å². The summed E-state index contributed by atoms with van der Waals surface area (Å²) in [5, 5.41) is 11.5. The zero-order valence-corrected chi connectivity index (χ0v) is 11.1. The highest BCUT2D eigenvalue weighted by molar-refractivity contribution is 14.1. The second-order valence-corrected chi connectivity index (χ2v) is 4.92. The van der Waals surface area contributed by atoms with E-state index in [1.54, 1.807) is 19.1 Å². The number of carbonyl (C=O) groups excluding carboxylic acids is 1. The van der Waals surface area contributed by atoms with Gasteiger partial charge in [0.05, 0.1) is 12.1 Å². The van der Waals surface area contributed by atoms with Crippen molar-refractivity contribution in [3.05, 3.63) is 21.3 Å². The molecular weight excluding hydrogens is 337 g/mol. The number of hydrogen-bond donors (Lipinski definition) is 2. The number of rotatable bonds is 2. The number of amides is 1. The molecule has 6 heteroatoms. The van der Waals surface area contributed by atoms with Crippen LogP contribution in [0.4, 0.5) is 5.69 Å². The summed E-state index contributed by atoms with van der Waals surface area (Å²) in [6, 6.07) is 3.39. The molecule has 0 aromatic heterocycles. The SMILES string of the molecule is CC1Oc2cc(I)c(CC(=O)O)cc2NC1=O. The van der Waals surface area contributed by atoms with Gasteiger partial charge in [-0.1, -0.05) is 0 Å². The van der Waals surface area contributed by atoms with E-state index in [0.717, 1.165) is 3.57 Å². The molecule has 1 aliphatic heterocycles. The summed E-state index contributed by atoms with van der Waals surface area (Å²) < 4.78 is 6.23. The van der Waals surface area contributed by atoms with E-state index in [9.17, 15) is 9.59 Å². The summed E-state index contributed by atoms with van der Waals surface area (Å²) in [4.78, 5) is 22.1. The van der Waals surface area contributed by atoms with E-state index in [1.807, 2.05) is 0 Å². The lowest BCUT2D eigenvalue weighted by Gasteiger charge is -2.24. The minimum absolute atomic E-state index is 0.0724. The first-order valence-electron chi connectivity index (χ1n) is 4.99. The topological polar surface area (TPSA) is 75.6 Å². The van der Waals surface area contributed by atoms with Gasteiger partial charge in [0.25, 0.3) is 5.91 Å². The van der Waals surface area contributed by atoms with Crippen LogP contribution in [0, 0.1) is 3.57 Å². The van der Waals surface area contributed by atoms with Gasteiger partial charge in [0.15, 0.2) is 6.10 Å². The monoisotopic (exact) mass is 347 g/mol. The standard InChI is InChI=1S/C11H10INO4/c1-5-11(16)13-8-2-6(3-10(14)15)7(12)4-9(8)17-5/h2,4-5H,3H2,1H3,(H,13,16)(H,14,15). The maximum Gasteiger partial charge on any atom is 0.307 e. The van der Waals surface area contributed by atoms with Gasteiger partial charge in [-0.3, -0.25) is 9.59 Å². The summed E-state index contributed by atoms with van der Waals surface area (Å²) in [7, 11) is 0. The number of carboxylic acids is 1. The quantitative estimate of drug-likeness (QED) is 0.798. The van der Waals surface area contributed by atoms with E-state index in [0.29, 0.717) is 17.0 Å². The molecule has 1 aromatic rings. The molecule has 2 N–H and O–H groups in total. The molecule has 1 aliphatic rings. The van der Waals surface area contributed by atoms with Gasteiger partial charge in [-0.15, -0.1) is 0 Å². The van der Waals surface area contributed by atoms with E-state index in [1.165, 1.54) is 0 Å². The molecule has 2 rings (SSSR count). The zero-order valence-electron chi connectivity index (χ0n) is 8.99. The predicted octanol–water partition coefficient (Wildman–Crippen LogP) is 1.64. The number of fused-ring (bicyclic) bond motifs is 1. The van der Waals surface area contributed by atoms with Crippen LogP contribution in [-0.4, -0.2) is 23.1 Å². The smallest absolute Gasteiger partial charge is 0.307 e. The number of hydrogen-bond acceptors (Lipinski definition) is 3. The summed E-state index contributed by atoms with van der Waals surface area (Å²) in [5.41, 5.74) is 1.19. The first kappa shape index (κ1) is 12.2. The van der Waals surface area contributed by atoms with Gasteiger partial charge in [0, 0.05) is 3.57 Å². The molecule has 0 radical (unpaired) electrons. The number of aliphatic carboxylic acids is 1. The molecule has 1 aromatic carbocycles. The van der Waals surface area contributed by atoms with Gasteiger partial charge < -0.3 is 15.2 Å². The van der Waals surface area contributed by atoms with E-state index < -0.39 is 12.1 Å². The molecule has 0 aliphatic carbocycles. The molecule has 0 saturated carbocycles. The average molecular weight is 347 g/mol. The highest BCUT2D eigenvalue weighted by Crippen LogP contribution is 2.33. The van der Waals surface area contributed by atoms with Crippen LogP contribution < -0.4 is 10.1 Å². The maximum atomic E-state index is 11.4. The first-order chi connectivity index (χ1) is 7.97. The Balaban J connectivity index is 2.39. The lowest BCUT2D eigenvalue weighted by Crippen LogP contribution is -2.34. The maximum absolute atomic E-state index is 11.4. The van der Waals surface area contributed by atoms with Crippen LogP contribution in [-0.2, 0) is 16.0 Å². The fraction of sp³-hybridized carbons (Fsp3) is 0.273. The molecule has 5 nitrogen and oxygen atoms in total. The van der Waals surface area contributed by atoms with E-state index in [-0.39, 0.29) is 12.3 Å². The van der Waals surface area contributed by atoms with Crippen LogP contribution in [0.25, 0.3) is 0 Å². The minimum atomic E-state index is -0.903. The fourth-order valence-corrected chi connectivity index (χ4v) is 2.20. The third-order valence-electron chi connectivity index (χ3n) is 2.42. The van der Waals surface area contributed by atoms with E-state index in [2.05, 4.69) is 27.9 Å². The fourth-order valence-electron chi connectivity index (χ4n) is 1.57. The minimum Gasteiger partial charge on any atom is -0.481 e. The molecular formula is C11H10INO4. The Morgan fingerprint density at radius 3 is 2.94 bits per heavy atom. The van der Waals surface area contributed by atoms with Crippen LogP contribution in [0.15, 0.2) is 12.1 Å². The van der Waals surface area contributed by atoms with Crippen LogP contribution in [0.3, 0.4) is 0 Å². The van der Waals surface area contributed by atoms with Crippen molar-refractivity contribution in [1.29, 1.82) is 0 Å². The van der Waals surface area contributed by atoms with Crippen molar-refractivity contribution in [2.45, 2.75) is 19.4 Å². The molecule has 0 saturated heterocycles. The van der Waals surface area contributed by atoms with Crippen molar-refractivity contribution in [2.75, 3.05) is 5.32 Å². The summed E-state index contributed by atoms with van der Waals surface area (Å²) >= 11 is 2.06. The summed E-state index contributed by atoms with van der Waals surface area (Å²) in [6.07, 6.45) is -0.597. The van der Waals surface area contributed by atoms with Crippen LogP contribution in [0.2, 0.25) is 0 Å². The Kier molecular flexibility index (Phi) is 3.23. The number of ether oxygens (including phenoxy) is 1. The molecule has 0 fully saturated rings. The van der Waals surface area contributed by atoms with Gasteiger partial charge >= 0.3 is 5.97 Å². The number of carboxylic acid groups (broad SMARTS) is 1. The number of carbonyl (C=O) groups is 2. The van der Waals surface area contributed by atoms with E-state index in [4.69, 9.17) is 9.84 Å². The molecule has 0 spiro atoms. The Morgan fingerprint density at radius 1 is 1.59 bits per heavy atom. The van der Waals surface area contributed by atoms with Gasteiger partial charge in [0.1, 0.15) is 5.75 Å².